The van der Waals surface area contributed by atoms with Crippen molar-refractivity contribution in [3.8, 4) is 0 Å². The van der Waals surface area contributed by atoms with E-state index in [4.69, 9.17) is 18.1 Å². The molecule has 3 aromatic carbocycles. The summed E-state index contributed by atoms with van der Waals surface area (Å²) in [6, 6.07) is 30.8. The molecule has 0 spiro atoms. The van der Waals surface area contributed by atoms with Crippen LogP contribution in [0, 0.1) is 11.8 Å². The Morgan fingerprint density at radius 1 is 0.867 bits per heavy atom. The summed E-state index contributed by atoms with van der Waals surface area (Å²) >= 11 is 0. The van der Waals surface area contributed by atoms with Crippen molar-refractivity contribution < 1.29 is 31.6 Å². The van der Waals surface area contributed by atoms with Crippen LogP contribution in [0.1, 0.15) is 39.7 Å². The molecule has 7 nitrogen and oxygen atoms in total. The van der Waals surface area contributed by atoms with Gasteiger partial charge in [-0.25, -0.2) is 0 Å². The second kappa shape index (κ2) is 17.3. The Kier molecular flexibility index (Phi) is 14.2. The van der Waals surface area contributed by atoms with Gasteiger partial charge in [0, 0.05) is 32.0 Å². The molecule has 9 heteroatoms. The van der Waals surface area contributed by atoms with Crippen molar-refractivity contribution >= 4 is 28.8 Å². The number of hydrogen-bond donors (Lipinski definition) is 1. The Labute approximate surface area is 271 Å². The Hall–Kier alpha value is -2.63. The smallest absolute Gasteiger partial charge is 0.264 e. The van der Waals surface area contributed by atoms with Gasteiger partial charge >= 0.3 is 0 Å². The number of aliphatic hydroxyl groups is 1. The standard InChI is InChI=1S/C36H50O7SSi/c1-29(26-43-45(36(2,3)4,32-20-12-8-13-21-32)33-22-14-9-15-23-33)35(40-5)25-34(37)31(28-42-44(6,38)39)19-16-24-41-27-30-17-10-7-11-18-30/h7-23,29,31,34-35,37H,24-28H2,1-6H3/b19-16+/t29-,31-,34-,35-/m0/s1. The van der Waals surface area contributed by atoms with Crippen LogP contribution in [0.3, 0.4) is 0 Å². The van der Waals surface area contributed by atoms with Crippen LogP contribution in [0.4, 0.5) is 0 Å². The van der Waals surface area contributed by atoms with Crippen LogP contribution >= 0.6 is 0 Å². The van der Waals surface area contributed by atoms with Gasteiger partial charge < -0.3 is 19.0 Å². The van der Waals surface area contributed by atoms with Crippen molar-refractivity contribution in [3.05, 3.63) is 109 Å². The van der Waals surface area contributed by atoms with Gasteiger partial charge in [0.25, 0.3) is 18.4 Å². The van der Waals surface area contributed by atoms with E-state index in [0.29, 0.717) is 19.8 Å². The Bertz CT molecular complexity index is 1350. The molecule has 3 aromatic rings. The maximum Gasteiger partial charge on any atom is 0.264 e. The predicted molar refractivity (Wildman–Crippen MR) is 184 cm³/mol. The molecule has 0 saturated carbocycles. The minimum Gasteiger partial charge on any atom is -0.407 e. The van der Waals surface area contributed by atoms with Gasteiger partial charge in [-0.05, 0) is 21.0 Å². The van der Waals surface area contributed by atoms with Crippen molar-refractivity contribution in [1.29, 1.82) is 0 Å². The first-order chi connectivity index (χ1) is 21.4. The zero-order valence-corrected chi connectivity index (χ0v) is 29.3. The minimum atomic E-state index is -3.69. The molecule has 0 unspecified atom stereocenters. The zero-order valence-electron chi connectivity index (χ0n) is 27.5. The van der Waals surface area contributed by atoms with Gasteiger partial charge in [-0.1, -0.05) is 131 Å². The number of ether oxygens (including phenoxy) is 2. The predicted octanol–water partition coefficient (Wildman–Crippen LogP) is 5.33. The molecule has 0 aliphatic rings. The summed E-state index contributed by atoms with van der Waals surface area (Å²) in [5, 5.41) is 13.6. The average molecular weight is 655 g/mol. The maximum absolute atomic E-state index is 11.8. The van der Waals surface area contributed by atoms with Gasteiger partial charge in [-0.3, -0.25) is 4.18 Å². The van der Waals surface area contributed by atoms with Crippen LogP contribution in [-0.4, -0.2) is 67.2 Å². The number of methoxy groups -OCH3 is 1. The summed E-state index contributed by atoms with van der Waals surface area (Å²) in [5.41, 5.74) is 1.06. The first kappa shape index (κ1) is 36.8. The molecule has 0 bridgehead atoms. The maximum atomic E-state index is 11.8. The highest BCUT2D eigenvalue weighted by atomic mass is 32.2. The van der Waals surface area contributed by atoms with E-state index in [0.717, 1.165) is 11.8 Å². The molecule has 0 heterocycles. The summed E-state index contributed by atoms with van der Waals surface area (Å²) in [6.45, 7) is 9.79. The number of aliphatic hydroxyl groups excluding tert-OH is 1. The van der Waals surface area contributed by atoms with Crippen LogP contribution in [0.25, 0.3) is 0 Å². The summed E-state index contributed by atoms with van der Waals surface area (Å²) in [4.78, 5) is 0. The van der Waals surface area contributed by atoms with Crippen molar-refractivity contribution in [2.45, 2.75) is 58.0 Å². The van der Waals surface area contributed by atoms with E-state index in [9.17, 15) is 13.5 Å². The highest BCUT2D eigenvalue weighted by Crippen LogP contribution is 2.37. The van der Waals surface area contributed by atoms with Crippen LogP contribution in [-0.2, 0) is 34.8 Å². The van der Waals surface area contributed by atoms with E-state index in [2.05, 4.69) is 76.2 Å². The van der Waals surface area contributed by atoms with Gasteiger partial charge in [-0.2, -0.15) is 8.42 Å². The molecule has 246 valence electrons. The molecule has 0 saturated heterocycles. The van der Waals surface area contributed by atoms with Crippen molar-refractivity contribution in [1.82, 2.24) is 0 Å². The van der Waals surface area contributed by atoms with E-state index in [1.54, 1.807) is 19.3 Å². The van der Waals surface area contributed by atoms with Gasteiger partial charge in [0.05, 0.1) is 38.3 Å². The topological polar surface area (TPSA) is 91.3 Å². The highest BCUT2D eigenvalue weighted by molar-refractivity contribution is 7.85. The number of benzene rings is 3. The van der Waals surface area contributed by atoms with Crippen LogP contribution in [0.15, 0.2) is 103 Å². The zero-order chi connectivity index (χ0) is 32.9. The molecule has 1 N–H and O–H groups in total. The molecular weight excluding hydrogens is 605 g/mol. The van der Waals surface area contributed by atoms with Gasteiger partial charge in [-0.15, -0.1) is 0 Å². The molecular formula is C36H50O7SSi. The van der Waals surface area contributed by atoms with E-state index < -0.39 is 30.5 Å². The lowest BCUT2D eigenvalue weighted by Crippen LogP contribution is -2.67. The van der Waals surface area contributed by atoms with E-state index in [1.165, 1.54) is 10.4 Å². The SMILES string of the molecule is CO[C@@H](C[C@H](O)[C@@H](/C=C/COCc1ccccc1)COS(C)(=O)=O)[C@@H](C)CO[Si](c1ccccc1)(c1ccccc1)C(C)(C)C. The normalized spacial score (nSPS) is 15.5. The van der Waals surface area contributed by atoms with E-state index in [-0.39, 0.29) is 30.1 Å². The lowest BCUT2D eigenvalue weighted by Gasteiger charge is -2.44. The Morgan fingerprint density at radius 3 is 1.89 bits per heavy atom. The molecule has 0 amide bonds. The molecule has 0 radical (unpaired) electrons. The molecule has 45 heavy (non-hydrogen) atoms. The van der Waals surface area contributed by atoms with Crippen molar-refractivity contribution in [2.75, 3.05) is 33.2 Å². The third-order valence-corrected chi connectivity index (χ3v) is 13.6. The first-order valence-corrected chi connectivity index (χ1v) is 19.2. The molecule has 0 fully saturated rings. The quantitative estimate of drug-likeness (QED) is 0.0859. The van der Waals surface area contributed by atoms with Gasteiger partial charge in [0.1, 0.15) is 0 Å². The van der Waals surface area contributed by atoms with Crippen LogP contribution < -0.4 is 10.4 Å². The number of rotatable bonds is 18. The molecule has 4 atom stereocenters. The fourth-order valence-corrected chi connectivity index (χ4v) is 10.7. The van der Waals surface area contributed by atoms with Crippen molar-refractivity contribution in [3.63, 3.8) is 0 Å². The molecule has 0 aliphatic heterocycles. The lowest BCUT2D eigenvalue weighted by atomic mass is 9.92. The monoisotopic (exact) mass is 654 g/mol. The fourth-order valence-electron chi connectivity index (χ4n) is 5.65. The first-order valence-electron chi connectivity index (χ1n) is 15.5. The highest BCUT2D eigenvalue weighted by Gasteiger charge is 2.50. The molecule has 0 aromatic heterocycles. The average Bonchev–Trinajstić information content (AvgIpc) is 3.01. The minimum absolute atomic E-state index is 0.0686. The second-order valence-corrected chi connectivity index (χ2v) is 18.6. The number of hydrogen-bond acceptors (Lipinski definition) is 7. The summed E-state index contributed by atoms with van der Waals surface area (Å²) in [6.07, 6.45) is 3.57. The molecule has 0 aliphatic carbocycles. The van der Waals surface area contributed by atoms with Crippen LogP contribution in [0.5, 0.6) is 0 Å². The second-order valence-electron chi connectivity index (χ2n) is 12.6. The lowest BCUT2D eigenvalue weighted by molar-refractivity contribution is -0.0148. The fraction of sp³-hybridized carbons (Fsp3) is 0.444. The van der Waals surface area contributed by atoms with Gasteiger partial charge in [0.2, 0.25) is 0 Å². The summed E-state index contributed by atoms with van der Waals surface area (Å²) < 4.78 is 47.4. The summed E-state index contributed by atoms with van der Waals surface area (Å²) in [7, 11) is -4.80. The third-order valence-electron chi connectivity index (χ3n) is 8.07. The Morgan fingerprint density at radius 2 is 1.40 bits per heavy atom. The van der Waals surface area contributed by atoms with Crippen LogP contribution in [0.2, 0.25) is 5.04 Å². The largest absolute Gasteiger partial charge is 0.407 e. The molecule has 3 rings (SSSR count). The van der Waals surface area contributed by atoms with Crippen molar-refractivity contribution in [2.24, 2.45) is 11.8 Å². The van der Waals surface area contributed by atoms with Gasteiger partial charge in [0.15, 0.2) is 0 Å². The van der Waals surface area contributed by atoms with E-state index >= 15 is 0 Å². The Balaban J connectivity index is 1.74. The van der Waals surface area contributed by atoms with E-state index in [1.807, 2.05) is 42.5 Å². The summed E-state index contributed by atoms with van der Waals surface area (Å²) in [5.74, 6) is -0.650. The third kappa shape index (κ3) is 11.0.